The van der Waals surface area contributed by atoms with Gasteiger partial charge in [0.1, 0.15) is 12.1 Å². The molecule has 0 fully saturated rings. The second-order valence-electron chi connectivity index (χ2n) is 6.49. The lowest BCUT2D eigenvalue weighted by molar-refractivity contribution is -0.143. The molecule has 5 amide bonds. The molecular weight excluding hydrogens is 388 g/mol. The highest BCUT2D eigenvalue weighted by Crippen LogP contribution is 2.06. The van der Waals surface area contributed by atoms with E-state index in [1.165, 1.54) is 0 Å². The molecule has 0 aliphatic rings. The molecule has 10 N–H and O–H groups in total. The van der Waals surface area contributed by atoms with E-state index in [0.717, 1.165) is 0 Å². The summed E-state index contributed by atoms with van der Waals surface area (Å²) in [6, 6.07) is -3.85. The van der Waals surface area contributed by atoms with Crippen molar-refractivity contribution in [2.75, 3.05) is 6.54 Å². The van der Waals surface area contributed by atoms with Gasteiger partial charge >= 0.3 is 5.97 Å². The Hall–Kier alpha value is -3.22. The third kappa shape index (κ3) is 10.0. The van der Waals surface area contributed by atoms with Crippen LogP contribution in [0.4, 0.5) is 0 Å². The Kier molecular flexibility index (Phi) is 10.9. The lowest BCUT2D eigenvalue weighted by Crippen LogP contribution is -2.55. The number of carbonyl (C=O) groups excluding carboxylic acids is 5. The van der Waals surface area contributed by atoms with Gasteiger partial charge in [-0.15, -0.1) is 0 Å². The van der Waals surface area contributed by atoms with E-state index in [0.29, 0.717) is 6.42 Å². The number of hydrogen-bond donors (Lipinski definition) is 7. The predicted octanol–water partition coefficient (Wildman–Crippen LogP) is -3.72. The molecule has 0 aromatic heterocycles. The molecule has 0 aliphatic heterocycles. The minimum Gasteiger partial charge on any atom is -0.480 e. The van der Waals surface area contributed by atoms with Crippen LogP contribution in [-0.2, 0) is 28.8 Å². The molecule has 0 saturated heterocycles. The Labute approximate surface area is 167 Å². The predicted molar refractivity (Wildman–Crippen MR) is 99.6 cm³/mol. The molecular formula is C16H28N6O7. The first-order chi connectivity index (χ1) is 13.4. The van der Waals surface area contributed by atoms with Gasteiger partial charge in [-0.1, -0.05) is 20.3 Å². The van der Waals surface area contributed by atoms with Gasteiger partial charge in [0.05, 0.1) is 25.4 Å². The molecule has 4 atom stereocenters. The van der Waals surface area contributed by atoms with Crippen molar-refractivity contribution in [1.82, 2.24) is 16.0 Å². The minimum atomic E-state index is -1.56. The van der Waals surface area contributed by atoms with Crippen LogP contribution in [0.1, 0.15) is 33.1 Å². The quantitative estimate of drug-likeness (QED) is 0.157. The first-order valence-corrected chi connectivity index (χ1v) is 8.81. The molecule has 0 rings (SSSR count). The maximum atomic E-state index is 12.2. The monoisotopic (exact) mass is 416 g/mol. The van der Waals surface area contributed by atoms with E-state index in [-0.39, 0.29) is 5.92 Å². The molecule has 13 nitrogen and oxygen atoms in total. The molecule has 0 aliphatic carbocycles. The molecule has 29 heavy (non-hydrogen) atoms. The maximum Gasteiger partial charge on any atom is 0.326 e. The Bertz CT molecular complexity index is 654. The van der Waals surface area contributed by atoms with E-state index in [9.17, 15) is 28.8 Å². The summed E-state index contributed by atoms with van der Waals surface area (Å²) < 4.78 is 0. The number of primary amides is 2. The summed E-state index contributed by atoms with van der Waals surface area (Å²) in [6.07, 6.45) is -0.563. The molecule has 0 spiro atoms. The van der Waals surface area contributed by atoms with Gasteiger partial charge in [-0.05, 0) is 5.92 Å². The Morgan fingerprint density at radius 2 is 1.41 bits per heavy atom. The second-order valence-corrected chi connectivity index (χ2v) is 6.49. The summed E-state index contributed by atoms with van der Waals surface area (Å²) in [5.41, 5.74) is 15.8. The number of carboxylic acids is 1. The van der Waals surface area contributed by atoms with E-state index in [4.69, 9.17) is 22.3 Å². The molecule has 0 aromatic rings. The number of hydrogen-bond acceptors (Lipinski definition) is 7. The average molecular weight is 416 g/mol. The highest BCUT2D eigenvalue weighted by molar-refractivity contribution is 5.95. The first kappa shape index (κ1) is 25.8. The van der Waals surface area contributed by atoms with Gasteiger partial charge in [-0.3, -0.25) is 24.0 Å². The highest BCUT2D eigenvalue weighted by atomic mass is 16.4. The third-order valence-electron chi connectivity index (χ3n) is 4.06. The zero-order valence-electron chi connectivity index (χ0n) is 16.3. The van der Waals surface area contributed by atoms with E-state index >= 15 is 0 Å². The summed E-state index contributed by atoms with van der Waals surface area (Å²) in [6.45, 7) is 2.89. The fraction of sp³-hybridized carbons (Fsp3) is 0.625. The Balaban J connectivity index is 4.91. The summed E-state index contributed by atoms with van der Waals surface area (Å²) in [5.74, 6) is -5.98. The summed E-state index contributed by atoms with van der Waals surface area (Å²) in [4.78, 5) is 69.2. The van der Waals surface area contributed by atoms with E-state index in [1.807, 2.05) is 12.2 Å². The summed E-state index contributed by atoms with van der Waals surface area (Å²) >= 11 is 0. The Morgan fingerprint density at radius 1 is 0.897 bits per heavy atom. The lowest BCUT2D eigenvalue weighted by Gasteiger charge is -2.22. The molecule has 4 unspecified atom stereocenters. The molecule has 0 aromatic carbocycles. The SMILES string of the molecule is CCC(C)C(N)C(=O)NC(CC(N)=O)C(=O)NCC(=O)NC(CC(N)=O)C(=O)O. The van der Waals surface area contributed by atoms with Crippen molar-refractivity contribution in [3.63, 3.8) is 0 Å². The zero-order valence-corrected chi connectivity index (χ0v) is 16.3. The fourth-order valence-corrected chi connectivity index (χ4v) is 2.13. The van der Waals surface area contributed by atoms with Crippen molar-refractivity contribution < 1.29 is 33.9 Å². The van der Waals surface area contributed by atoms with Crippen molar-refractivity contribution in [1.29, 1.82) is 0 Å². The third-order valence-corrected chi connectivity index (χ3v) is 4.06. The average Bonchev–Trinajstić information content (AvgIpc) is 2.62. The summed E-state index contributed by atoms with van der Waals surface area (Å²) in [7, 11) is 0. The van der Waals surface area contributed by atoms with Crippen LogP contribution in [-0.4, -0.2) is 65.3 Å². The smallest absolute Gasteiger partial charge is 0.326 e. The maximum absolute atomic E-state index is 12.2. The highest BCUT2D eigenvalue weighted by Gasteiger charge is 2.28. The Morgan fingerprint density at radius 3 is 1.86 bits per heavy atom. The summed E-state index contributed by atoms with van der Waals surface area (Å²) in [5, 5.41) is 15.4. The van der Waals surface area contributed by atoms with Crippen LogP contribution >= 0.6 is 0 Å². The molecule has 164 valence electrons. The van der Waals surface area contributed by atoms with Gasteiger partial charge in [-0.25, -0.2) is 4.79 Å². The van der Waals surface area contributed by atoms with Crippen molar-refractivity contribution in [2.24, 2.45) is 23.1 Å². The largest absolute Gasteiger partial charge is 0.480 e. The molecule has 0 bridgehead atoms. The number of amides is 5. The van der Waals surface area contributed by atoms with Gasteiger partial charge in [0.25, 0.3) is 0 Å². The number of nitrogens with one attached hydrogen (secondary N) is 3. The minimum absolute atomic E-state index is 0.184. The number of carbonyl (C=O) groups is 6. The molecule has 0 saturated carbocycles. The van der Waals surface area contributed by atoms with Crippen molar-refractivity contribution >= 4 is 35.5 Å². The van der Waals surface area contributed by atoms with Crippen LogP contribution in [0.15, 0.2) is 0 Å². The second kappa shape index (κ2) is 12.3. The standard InChI is InChI=1S/C16H28N6O7/c1-3-7(2)13(19)15(27)22-8(4-10(17)23)14(26)20-6-12(25)21-9(16(28)29)5-11(18)24/h7-9,13H,3-6,19H2,1-2H3,(H2,17,23)(H2,18,24)(H,20,26)(H,21,25)(H,22,27)(H,28,29). The van der Waals surface area contributed by atoms with Gasteiger partial charge < -0.3 is 38.3 Å². The van der Waals surface area contributed by atoms with Crippen LogP contribution in [0, 0.1) is 5.92 Å². The van der Waals surface area contributed by atoms with E-state index in [1.54, 1.807) is 6.92 Å². The van der Waals surface area contributed by atoms with E-state index < -0.39 is 73.0 Å². The van der Waals surface area contributed by atoms with Crippen LogP contribution in [0.2, 0.25) is 0 Å². The first-order valence-electron chi connectivity index (χ1n) is 8.81. The van der Waals surface area contributed by atoms with Crippen LogP contribution in [0.25, 0.3) is 0 Å². The van der Waals surface area contributed by atoms with Crippen molar-refractivity contribution in [3.05, 3.63) is 0 Å². The van der Waals surface area contributed by atoms with Crippen molar-refractivity contribution in [3.8, 4) is 0 Å². The van der Waals surface area contributed by atoms with Gasteiger partial charge in [0, 0.05) is 0 Å². The zero-order chi connectivity index (χ0) is 22.7. The van der Waals surface area contributed by atoms with Crippen LogP contribution < -0.4 is 33.2 Å². The normalized spacial score (nSPS) is 14.6. The number of carboxylic acid groups (broad SMARTS) is 1. The fourth-order valence-electron chi connectivity index (χ4n) is 2.13. The van der Waals surface area contributed by atoms with Gasteiger partial charge in [0.15, 0.2) is 0 Å². The van der Waals surface area contributed by atoms with Gasteiger partial charge in [-0.2, -0.15) is 0 Å². The molecule has 13 heteroatoms. The molecule has 0 radical (unpaired) electrons. The topological polar surface area (TPSA) is 237 Å². The van der Waals surface area contributed by atoms with Crippen molar-refractivity contribution in [2.45, 2.75) is 51.2 Å². The van der Waals surface area contributed by atoms with Crippen LogP contribution in [0.3, 0.4) is 0 Å². The van der Waals surface area contributed by atoms with Crippen LogP contribution in [0.5, 0.6) is 0 Å². The molecule has 0 heterocycles. The number of nitrogens with two attached hydrogens (primary N) is 3. The van der Waals surface area contributed by atoms with E-state index in [2.05, 4.69) is 10.6 Å². The number of aliphatic carboxylic acids is 1. The number of rotatable bonds is 13. The lowest BCUT2D eigenvalue weighted by atomic mass is 9.99. The van der Waals surface area contributed by atoms with Gasteiger partial charge in [0.2, 0.25) is 29.5 Å².